The molecule has 29 heavy (non-hydrogen) atoms. The number of anilines is 1. The normalized spacial score (nSPS) is 14.0. The van der Waals surface area contributed by atoms with Gasteiger partial charge < -0.3 is 5.32 Å². The van der Waals surface area contributed by atoms with Crippen molar-refractivity contribution in [2.75, 3.05) is 5.32 Å². The smallest absolute Gasteiger partial charge is 0.255 e. The fourth-order valence-corrected chi connectivity index (χ4v) is 4.23. The predicted molar refractivity (Wildman–Crippen MR) is 109 cm³/mol. The van der Waals surface area contributed by atoms with E-state index in [1.807, 2.05) is 19.9 Å². The molecule has 8 nitrogen and oxygen atoms in total. The summed E-state index contributed by atoms with van der Waals surface area (Å²) in [6, 6.07) is 11.4. The van der Waals surface area contributed by atoms with Crippen LogP contribution in [0.25, 0.3) is 5.82 Å². The third-order valence-corrected chi connectivity index (χ3v) is 6.09. The van der Waals surface area contributed by atoms with Gasteiger partial charge in [0.25, 0.3) is 5.91 Å². The Balaban J connectivity index is 1.44. The van der Waals surface area contributed by atoms with E-state index in [1.54, 1.807) is 23.0 Å². The predicted octanol–water partition coefficient (Wildman–Crippen LogP) is 2.58. The van der Waals surface area contributed by atoms with Gasteiger partial charge in [-0.1, -0.05) is 0 Å². The molecule has 0 aliphatic heterocycles. The first-order valence-electron chi connectivity index (χ1n) is 9.25. The molecule has 0 spiro atoms. The average Bonchev–Trinajstić information content (AvgIpc) is 3.43. The second-order valence-corrected chi connectivity index (χ2v) is 8.83. The number of nitrogens with zero attached hydrogens (tertiary/aromatic N) is 3. The van der Waals surface area contributed by atoms with Crippen molar-refractivity contribution < 1.29 is 13.2 Å². The average molecular weight is 411 g/mol. The number of carbonyl (C=O) groups is 1. The van der Waals surface area contributed by atoms with Crippen LogP contribution >= 0.6 is 0 Å². The summed E-state index contributed by atoms with van der Waals surface area (Å²) in [6.45, 7) is 3.86. The number of carbonyl (C=O) groups excluding carboxylic acids is 1. The summed E-state index contributed by atoms with van der Waals surface area (Å²) in [5, 5.41) is 7.14. The minimum absolute atomic E-state index is 0.0351. The molecule has 1 aromatic carbocycles. The number of sulfonamides is 1. The first-order valence-corrected chi connectivity index (χ1v) is 10.7. The highest BCUT2D eigenvalue weighted by Crippen LogP contribution is 2.22. The lowest BCUT2D eigenvalue weighted by Crippen LogP contribution is -2.25. The van der Waals surface area contributed by atoms with Gasteiger partial charge in [-0.25, -0.2) is 22.8 Å². The fraction of sp³-hybridized carbons (Fsp3) is 0.250. The molecule has 2 heterocycles. The van der Waals surface area contributed by atoms with Gasteiger partial charge in [-0.2, -0.15) is 5.10 Å². The SMILES string of the molecule is Cc1cc(C)n(-c2ccc(NC(=O)c3ccc(S(=O)(=O)NC4CC4)cc3)cn2)n1. The van der Waals surface area contributed by atoms with Crippen molar-refractivity contribution >= 4 is 21.6 Å². The van der Waals surface area contributed by atoms with E-state index in [4.69, 9.17) is 0 Å². The Morgan fingerprint density at radius 3 is 2.38 bits per heavy atom. The molecular weight excluding hydrogens is 390 g/mol. The Bertz CT molecular complexity index is 1150. The Kier molecular flexibility index (Phi) is 4.93. The molecule has 0 atom stereocenters. The van der Waals surface area contributed by atoms with Crippen molar-refractivity contribution in [3.63, 3.8) is 0 Å². The zero-order valence-corrected chi connectivity index (χ0v) is 16.9. The van der Waals surface area contributed by atoms with Crippen LogP contribution in [0, 0.1) is 13.8 Å². The zero-order chi connectivity index (χ0) is 20.6. The summed E-state index contributed by atoms with van der Waals surface area (Å²) in [6.07, 6.45) is 3.29. The summed E-state index contributed by atoms with van der Waals surface area (Å²) in [5.41, 5.74) is 2.77. The number of hydrogen-bond donors (Lipinski definition) is 2. The monoisotopic (exact) mass is 411 g/mol. The first kappa shape index (κ1) is 19.3. The van der Waals surface area contributed by atoms with Crippen molar-refractivity contribution in [1.29, 1.82) is 0 Å². The molecule has 1 fully saturated rings. The van der Waals surface area contributed by atoms with Gasteiger partial charge in [-0.3, -0.25) is 4.79 Å². The van der Waals surface area contributed by atoms with E-state index >= 15 is 0 Å². The highest BCUT2D eigenvalue weighted by Gasteiger charge is 2.28. The van der Waals surface area contributed by atoms with E-state index in [2.05, 4.69) is 20.1 Å². The second-order valence-electron chi connectivity index (χ2n) is 7.12. The van der Waals surface area contributed by atoms with E-state index in [-0.39, 0.29) is 16.8 Å². The Labute approximate surface area is 169 Å². The Morgan fingerprint density at radius 1 is 1.10 bits per heavy atom. The molecule has 0 unspecified atom stereocenters. The van der Waals surface area contributed by atoms with Crippen molar-refractivity contribution in [3.8, 4) is 5.82 Å². The number of benzene rings is 1. The van der Waals surface area contributed by atoms with Gasteiger partial charge >= 0.3 is 0 Å². The van der Waals surface area contributed by atoms with Crippen LogP contribution in [0.4, 0.5) is 5.69 Å². The second kappa shape index (κ2) is 7.41. The van der Waals surface area contributed by atoms with E-state index in [9.17, 15) is 13.2 Å². The van der Waals surface area contributed by atoms with Crippen LogP contribution < -0.4 is 10.0 Å². The number of aryl methyl sites for hydroxylation is 2. The number of aromatic nitrogens is 3. The molecule has 0 saturated heterocycles. The number of pyridine rings is 1. The minimum Gasteiger partial charge on any atom is -0.321 e. The van der Waals surface area contributed by atoms with E-state index < -0.39 is 10.0 Å². The van der Waals surface area contributed by atoms with Gasteiger partial charge in [0.05, 0.1) is 22.5 Å². The molecular formula is C20H21N5O3S. The topological polar surface area (TPSA) is 106 Å². The van der Waals surface area contributed by atoms with Gasteiger partial charge in [0.1, 0.15) is 0 Å². The molecule has 2 aromatic heterocycles. The molecule has 1 aliphatic rings. The largest absolute Gasteiger partial charge is 0.321 e. The first-order chi connectivity index (χ1) is 13.8. The lowest BCUT2D eigenvalue weighted by molar-refractivity contribution is 0.102. The summed E-state index contributed by atoms with van der Waals surface area (Å²) in [7, 11) is -3.53. The molecule has 3 aromatic rings. The van der Waals surface area contributed by atoms with Crippen LogP contribution in [0.2, 0.25) is 0 Å². The lowest BCUT2D eigenvalue weighted by Gasteiger charge is -2.08. The summed E-state index contributed by atoms with van der Waals surface area (Å²) >= 11 is 0. The molecule has 150 valence electrons. The van der Waals surface area contributed by atoms with Crippen LogP contribution in [0.15, 0.2) is 53.6 Å². The number of nitrogens with one attached hydrogen (secondary N) is 2. The summed E-state index contributed by atoms with van der Waals surface area (Å²) in [4.78, 5) is 17.0. The third kappa shape index (κ3) is 4.36. The van der Waals surface area contributed by atoms with Crippen LogP contribution in [-0.2, 0) is 10.0 Å². The number of rotatable bonds is 6. The van der Waals surface area contributed by atoms with E-state index in [0.717, 1.165) is 24.2 Å². The quantitative estimate of drug-likeness (QED) is 0.648. The number of amides is 1. The van der Waals surface area contributed by atoms with Crippen molar-refractivity contribution in [3.05, 3.63) is 65.6 Å². The zero-order valence-electron chi connectivity index (χ0n) is 16.1. The van der Waals surface area contributed by atoms with Gasteiger partial charge in [-0.05, 0) is 69.2 Å². The maximum atomic E-state index is 12.5. The van der Waals surface area contributed by atoms with Crippen LogP contribution in [-0.4, -0.2) is 35.1 Å². The van der Waals surface area contributed by atoms with Gasteiger partial charge in [0, 0.05) is 17.3 Å². The third-order valence-electron chi connectivity index (χ3n) is 4.56. The van der Waals surface area contributed by atoms with Crippen LogP contribution in [0.5, 0.6) is 0 Å². The summed E-state index contributed by atoms with van der Waals surface area (Å²) < 4.78 is 28.8. The van der Waals surface area contributed by atoms with Crippen LogP contribution in [0.1, 0.15) is 34.6 Å². The molecule has 4 rings (SSSR count). The van der Waals surface area contributed by atoms with Gasteiger partial charge in [-0.15, -0.1) is 0 Å². The maximum absolute atomic E-state index is 12.5. The molecule has 1 amide bonds. The molecule has 9 heteroatoms. The van der Waals surface area contributed by atoms with E-state index in [0.29, 0.717) is 17.1 Å². The molecule has 0 radical (unpaired) electrons. The molecule has 2 N–H and O–H groups in total. The number of hydrogen-bond acceptors (Lipinski definition) is 5. The van der Waals surface area contributed by atoms with Crippen LogP contribution in [0.3, 0.4) is 0 Å². The standard InChI is InChI=1S/C20H21N5O3S/c1-13-11-14(2)25(23-13)19-10-7-17(12-21-19)22-20(26)15-3-8-18(9-4-15)29(27,28)24-16-5-6-16/h3-4,7-12,16,24H,5-6H2,1-2H3,(H,22,26). The van der Waals surface area contributed by atoms with Crippen molar-refractivity contribution in [1.82, 2.24) is 19.5 Å². The molecule has 1 aliphatic carbocycles. The lowest BCUT2D eigenvalue weighted by atomic mass is 10.2. The maximum Gasteiger partial charge on any atom is 0.255 e. The Hall–Kier alpha value is -3.04. The fourth-order valence-electron chi connectivity index (χ4n) is 2.92. The molecule has 1 saturated carbocycles. The summed E-state index contributed by atoms with van der Waals surface area (Å²) in [5.74, 6) is 0.316. The van der Waals surface area contributed by atoms with Crippen molar-refractivity contribution in [2.24, 2.45) is 0 Å². The van der Waals surface area contributed by atoms with E-state index in [1.165, 1.54) is 24.3 Å². The minimum atomic E-state index is -3.53. The highest BCUT2D eigenvalue weighted by molar-refractivity contribution is 7.89. The Morgan fingerprint density at radius 2 is 1.83 bits per heavy atom. The molecule has 0 bridgehead atoms. The highest BCUT2D eigenvalue weighted by atomic mass is 32.2. The van der Waals surface area contributed by atoms with Gasteiger partial charge in [0.2, 0.25) is 10.0 Å². The van der Waals surface area contributed by atoms with Gasteiger partial charge in [0.15, 0.2) is 5.82 Å². The van der Waals surface area contributed by atoms with Crippen molar-refractivity contribution in [2.45, 2.75) is 37.6 Å².